The van der Waals surface area contributed by atoms with Crippen LogP contribution in [0.15, 0.2) is 35.4 Å². The Morgan fingerprint density at radius 1 is 1.16 bits per heavy atom. The monoisotopic (exact) mass is 260 g/mol. The molecule has 0 aromatic heterocycles. The molecule has 1 N–H and O–H groups in total. The smallest absolute Gasteiger partial charge is 0.179 e. The fraction of sp³-hybridized carbons (Fsp3) is 0.429. The lowest BCUT2D eigenvalue weighted by atomic mass is 9.91. The first-order chi connectivity index (χ1) is 9.27. The molecule has 0 radical (unpaired) electrons. The van der Waals surface area contributed by atoms with Gasteiger partial charge in [0.2, 0.25) is 0 Å². The fourth-order valence-electron chi connectivity index (χ4n) is 2.38. The third-order valence-electron chi connectivity index (χ3n) is 3.40. The van der Waals surface area contributed by atoms with Gasteiger partial charge in [0.05, 0.1) is 18.9 Å². The molecule has 1 saturated carbocycles. The zero-order chi connectivity index (χ0) is 13.1. The van der Waals surface area contributed by atoms with Crippen LogP contribution in [0.2, 0.25) is 0 Å². The lowest BCUT2D eigenvalue weighted by molar-refractivity contribution is -0.163. The van der Waals surface area contributed by atoms with Gasteiger partial charge in [-0.3, -0.25) is 10.2 Å². The van der Waals surface area contributed by atoms with Crippen molar-refractivity contribution in [2.45, 2.75) is 25.0 Å². The van der Waals surface area contributed by atoms with Crippen LogP contribution in [0.3, 0.4) is 0 Å². The number of ether oxygens (including phenoxy) is 2. The van der Waals surface area contributed by atoms with Crippen molar-refractivity contribution in [3.63, 3.8) is 0 Å². The molecule has 5 nitrogen and oxygen atoms in total. The standard InChI is InChI=1S/C14H16N2O3/c17-13-6-7-14(18-8-9-19-14)10-12(13)16-15-11-4-2-1-3-5-11/h1-5,15H,6-10H2/b16-12+. The molecule has 3 rings (SSSR count). The number of hydrazone groups is 1. The summed E-state index contributed by atoms with van der Waals surface area (Å²) in [7, 11) is 0. The van der Waals surface area contributed by atoms with E-state index in [1.165, 1.54) is 0 Å². The average molecular weight is 260 g/mol. The molecule has 0 atom stereocenters. The third-order valence-corrected chi connectivity index (χ3v) is 3.40. The van der Waals surface area contributed by atoms with E-state index in [4.69, 9.17) is 9.47 Å². The maximum atomic E-state index is 11.9. The first-order valence-electron chi connectivity index (χ1n) is 6.46. The van der Waals surface area contributed by atoms with Gasteiger partial charge >= 0.3 is 0 Å². The first-order valence-corrected chi connectivity index (χ1v) is 6.46. The number of nitrogens with one attached hydrogen (secondary N) is 1. The number of nitrogens with zero attached hydrogens (tertiary/aromatic N) is 1. The number of para-hydroxylation sites is 1. The van der Waals surface area contributed by atoms with Crippen LogP contribution in [-0.2, 0) is 14.3 Å². The van der Waals surface area contributed by atoms with Gasteiger partial charge in [0.25, 0.3) is 0 Å². The molecule has 2 aliphatic rings. The Bertz CT molecular complexity index is 493. The van der Waals surface area contributed by atoms with Crippen molar-refractivity contribution in [1.29, 1.82) is 0 Å². The predicted octanol–water partition coefficient (Wildman–Crippen LogP) is 1.95. The van der Waals surface area contributed by atoms with Crippen molar-refractivity contribution in [3.8, 4) is 0 Å². The van der Waals surface area contributed by atoms with Crippen LogP contribution in [0.4, 0.5) is 5.69 Å². The molecule has 1 saturated heterocycles. The van der Waals surface area contributed by atoms with Crippen LogP contribution < -0.4 is 5.43 Å². The number of Topliss-reactive ketones (excluding diaryl/α,β-unsaturated/α-hetero) is 1. The minimum Gasteiger partial charge on any atom is -0.347 e. The maximum Gasteiger partial charge on any atom is 0.179 e. The number of carbonyl (C=O) groups excluding carboxylic acids is 1. The molecule has 1 heterocycles. The Balaban J connectivity index is 1.73. The molecule has 1 aromatic carbocycles. The van der Waals surface area contributed by atoms with Crippen molar-refractivity contribution in [2.24, 2.45) is 5.10 Å². The van der Waals surface area contributed by atoms with Gasteiger partial charge in [-0.15, -0.1) is 0 Å². The van der Waals surface area contributed by atoms with E-state index in [2.05, 4.69) is 10.5 Å². The third kappa shape index (κ3) is 2.67. The Morgan fingerprint density at radius 3 is 2.63 bits per heavy atom. The van der Waals surface area contributed by atoms with Crippen LogP contribution >= 0.6 is 0 Å². The summed E-state index contributed by atoms with van der Waals surface area (Å²) in [6.07, 6.45) is 1.47. The number of carbonyl (C=O) groups is 1. The van der Waals surface area contributed by atoms with Crippen molar-refractivity contribution < 1.29 is 14.3 Å². The molecule has 1 spiro atoms. The SMILES string of the molecule is O=C1CCC2(C/C1=N\Nc1ccccc1)OCCO2. The maximum absolute atomic E-state index is 11.9. The highest BCUT2D eigenvalue weighted by atomic mass is 16.7. The zero-order valence-electron chi connectivity index (χ0n) is 10.6. The molecule has 1 aliphatic heterocycles. The second kappa shape index (κ2) is 5.11. The molecule has 0 unspecified atom stereocenters. The molecule has 1 aromatic rings. The Morgan fingerprint density at radius 2 is 1.89 bits per heavy atom. The van der Waals surface area contributed by atoms with Gasteiger partial charge in [0.15, 0.2) is 11.6 Å². The van der Waals surface area contributed by atoms with Crippen molar-refractivity contribution in [3.05, 3.63) is 30.3 Å². The van der Waals surface area contributed by atoms with Gasteiger partial charge in [0.1, 0.15) is 5.71 Å². The summed E-state index contributed by atoms with van der Waals surface area (Å²) in [5.41, 5.74) is 4.26. The van der Waals surface area contributed by atoms with E-state index in [0.717, 1.165) is 5.69 Å². The summed E-state index contributed by atoms with van der Waals surface area (Å²) in [4.78, 5) is 11.9. The Labute approximate surface area is 111 Å². The van der Waals surface area contributed by atoms with Crippen molar-refractivity contribution in [2.75, 3.05) is 18.6 Å². The number of benzene rings is 1. The van der Waals surface area contributed by atoms with Crippen LogP contribution in [-0.4, -0.2) is 30.5 Å². The highest BCUT2D eigenvalue weighted by molar-refractivity contribution is 6.40. The molecule has 0 amide bonds. The van der Waals surface area contributed by atoms with E-state index in [0.29, 0.717) is 38.2 Å². The molecule has 5 heteroatoms. The lowest BCUT2D eigenvalue weighted by Crippen LogP contribution is -2.41. The van der Waals surface area contributed by atoms with E-state index in [1.54, 1.807) is 0 Å². The van der Waals surface area contributed by atoms with Gasteiger partial charge < -0.3 is 9.47 Å². The number of anilines is 1. The minimum atomic E-state index is -0.620. The molecular weight excluding hydrogens is 244 g/mol. The second-order valence-electron chi connectivity index (χ2n) is 4.74. The van der Waals surface area contributed by atoms with Gasteiger partial charge in [-0.2, -0.15) is 5.10 Å². The van der Waals surface area contributed by atoms with Crippen LogP contribution in [0, 0.1) is 0 Å². The van der Waals surface area contributed by atoms with Gasteiger partial charge in [-0.05, 0) is 12.1 Å². The van der Waals surface area contributed by atoms with E-state index in [9.17, 15) is 4.79 Å². The highest BCUT2D eigenvalue weighted by Crippen LogP contribution is 2.33. The normalized spacial score (nSPS) is 24.0. The lowest BCUT2D eigenvalue weighted by Gasteiger charge is -2.31. The Kier molecular flexibility index (Phi) is 3.31. The van der Waals surface area contributed by atoms with Gasteiger partial charge in [-0.25, -0.2) is 0 Å². The zero-order valence-corrected chi connectivity index (χ0v) is 10.6. The molecule has 1 aliphatic carbocycles. The summed E-state index contributed by atoms with van der Waals surface area (Å²) >= 11 is 0. The number of hydrogen-bond donors (Lipinski definition) is 1. The van der Waals surface area contributed by atoms with Crippen molar-refractivity contribution >= 4 is 17.2 Å². The first kappa shape index (κ1) is 12.3. The quantitative estimate of drug-likeness (QED) is 0.826. The summed E-state index contributed by atoms with van der Waals surface area (Å²) in [5, 5.41) is 4.21. The van der Waals surface area contributed by atoms with E-state index in [1.807, 2.05) is 30.3 Å². The molecule has 19 heavy (non-hydrogen) atoms. The molecule has 0 bridgehead atoms. The fourth-order valence-corrected chi connectivity index (χ4v) is 2.38. The Hall–Kier alpha value is -1.72. The van der Waals surface area contributed by atoms with Crippen molar-refractivity contribution in [1.82, 2.24) is 0 Å². The second-order valence-corrected chi connectivity index (χ2v) is 4.74. The predicted molar refractivity (Wildman–Crippen MR) is 71.0 cm³/mol. The van der Waals surface area contributed by atoms with Crippen LogP contribution in [0.1, 0.15) is 19.3 Å². The summed E-state index contributed by atoms with van der Waals surface area (Å²) < 4.78 is 11.3. The van der Waals surface area contributed by atoms with E-state index >= 15 is 0 Å². The summed E-state index contributed by atoms with van der Waals surface area (Å²) in [6.45, 7) is 1.18. The molecule has 2 fully saturated rings. The molecular formula is C14H16N2O3. The van der Waals surface area contributed by atoms with Gasteiger partial charge in [-0.1, -0.05) is 18.2 Å². The summed E-state index contributed by atoms with van der Waals surface area (Å²) in [5.74, 6) is -0.557. The van der Waals surface area contributed by atoms with E-state index < -0.39 is 5.79 Å². The number of rotatable bonds is 2. The summed E-state index contributed by atoms with van der Waals surface area (Å²) in [6, 6.07) is 9.55. The number of hydrogen-bond acceptors (Lipinski definition) is 5. The minimum absolute atomic E-state index is 0.0631. The van der Waals surface area contributed by atoms with E-state index in [-0.39, 0.29) is 5.78 Å². The largest absolute Gasteiger partial charge is 0.347 e. The highest BCUT2D eigenvalue weighted by Gasteiger charge is 2.43. The van der Waals surface area contributed by atoms with Crippen LogP contribution in [0.25, 0.3) is 0 Å². The van der Waals surface area contributed by atoms with Crippen LogP contribution in [0.5, 0.6) is 0 Å². The number of ketones is 1. The van der Waals surface area contributed by atoms with Gasteiger partial charge in [0, 0.05) is 19.3 Å². The average Bonchev–Trinajstić information content (AvgIpc) is 2.90. The molecule has 100 valence electrons. The topological polar surface area (TPSA) is 59.9 Å².